The van der Waals surface area contributed by atoms with Crippen molar-refractivity contribution in [3.8, 4) is 0 Å². The number of hydrogen-bond donors (Lipinski definition) is 2. The molecule has 18 heavy (non-hydrogen) atoms. The standard InChI is InChI=1S/C15H31N3/c1-2-3-8-16-10-12-18-11-7-14(13-18)6-9-17-15-4-5-15/h14-17H,2-13H2,1H3. The Hall–Kier alpha value is -0.120. The zero-order valence-corrected chi connectivity index (χ0v) is 12.1. The van der Waals surface area contributed by atoms with E-state index in [1.165, 1.54) is 77.8 Å². The fourth-order valence-electron chi connectivity index (χ4n) is 2.79. The Labute approximate surface area is 113 Å². The minimum absolute atomic E-state index is 0.880. The number of unbranched alkanes of at least 4 members (excludes halogenated alkanes) is 1. The van der Waals surface area contributed by atoms with E-state index in [2.05, 4.69) is 22.5 Å². The summed E-state index contributed by atoms with van der Waals surface area (Å²) in [7, 11) is 0. The lowest BCUT2D eigenvalue weighted by Crippen LogP contribution is -2.31. The summed E-state index contributed by atoms with van der Waals surface area (Å²) in [6.45, 7) is 9.77. The first-order valence-electron chi connectivity index (χ1n) is 8.05. The molecule has 0 aromatic carbocycles. The molecule has 2 fully saturated rings. The molecule has 1 saturated heterocycles. The monoisotopic (exact) mass is 253 g/mol. The van der Waals surface area contributed by atoms with E-state index >= 15 is 0 Å². The van der Waals surface area contributed by atoms with Gasteiger partial charge in [-0.15, -0.1) is 0 Å². The third-order valence-electron chi connectivity index (χ3n) is 4.24. The van der Waals surface area contributed by atoms with Crippen molar-refractivity contribution >= 4 is 0 Å². The van der Waals surface area contributed by atoms with Crippen LogP contribution in [0, 0.1) is 5.92 Å². The molecule has 1 aliphatic carbocycles. The van der Waals surface area contributed by atoms with Gasteiger partial charge in [0.05, 0.1) is 0 Å². The van der Waals surface area contributed by atoms with Gasteiger partial charge in [-0.1, -0.05) is 13.3 Å². The molecule has 0 aromatic heterocycles. The quantitative estimate of drug-likeness (QED) is 0.582. The predicted octanol–water partition coefficient (Wildman–Crippen LogP) is 1.84. The Balaban J connectivity index is 1.43. The molecular weight excluding hydrogens is 222 g/mol. The molecule has 3 heteroatoms. The van der Waals surface area contributed by atoms with Crippen LogP contribution in [0.3, 0.4) is 0 Å². The molecule has 1 saturated carbocycles. The van der Waals surface area contributed by atoms with Crippen LogP contribution in [0.25, 0.3) is 0 Å². The minimum atomic E-state index is 0.880. The number of hydrogen-bond acceptors (Lipinski definition) is 3. The number of likely N-dealkylation sites (tertiary alicyclic amines) is 1. The summed E-state index contributed by atoms with van der Waals surface area (Å²) >= 11 is 0. The molecule has 0 spiro atoms. The van der Waals surface area contributed by atoms with Crippen LogP contribution < -0.4 is 10.6 Å². The van der Waals surface area contributed by atoms with E-state index < -0.39 is 0 Å². The van der Waals surface area contributed by atoms with Crippen molar-refractivity contribution in [2.75, 3.05) is 39.3 Å². The van der Waals surface area contributed by atoms with Crippen molar-refractivity contribution in [2.24, 2.45) is 5.92 Å². The van der Waals surface area contributed by atoms with E-state index in [1.807, 2.05) is 0 Å². The molecule has 0 amide bonds. The average molecular weight is 253 g/mol. The molecule has 2 rings (SSSR count). The Kier molecular flexibility index (Phi) is 6.46. The summed E-state index contributed by atoms with van der Waals surface area (Å²) in [5, 5.41) is 7.17. The van der Waals surface area contributed by atoms with Gasteiger partial charge >= 0.3 is 0 Å². The van der Waals surface area contributed by atoms with Crippen molar-refractivity contribution in [2.45, 2.75) is 51.5 Å². The van der Waals surface area contributed by atoms with E-state index in [9.17, 15) is 0 Å². The van der Waals surface area contributed by atoms with Crippen LogP contribution in [-0.2, 0) is 0 Å². The van der Waals surface area contributed by atoms with Crippen LogP contribution in [0.1, 0.15) is 45.4 Å². The molecular formula is C15H31N3. The molecule has 1 heterocycles. The molecule has 1 unspecified atom stereocenters. The zero-order valence-electron chi connectivity index (χ0n) is 12.1. The second-order valence-electron chi connectivity index (χ2n) is 6.08. The van der Waals surface area contributed by atoms with Gasteiger partial charge in [0.1, 0.15) is 0 Å². The van der Waals surface area contributed by atoms with Crippen LogP contribution in [0.15, 0.2) is 0 Å². The number of nitrogens with one attached hydrogen (secondary N) is 2. The van der Waals surface area contributed by atoms with Crippen LogP contribution in [0.5, 0.6) is 0 Å². The molecule has 0 bridgehead atoms. The van der Waals surface area contributed by atoms with Gasteiger partial charge in [-0.3, -0.25) is 0 Å². The highest BCUT2D eigenvalue weighted by Crippen LogP contribution is 2.21. The van der Waals surface area contributed by atoms with Crippen molar-refractivity contribution in [1.82, 2.24) is 15.5 Å². The number of nitrogens with zero attached hydrogens (tertiary/aromatic N) is 1. The first-order chi connectivity index (χ1) is 8.88. The third-order valence-corrected chi connectivity index (χ3v) is 4.24. The van der Waals surface area contributed by atoms with E-state index in [0.717, 1.165) is 12.0 Å². The first-order valence-corrected chi connectivity index (χ1v) is 8.05. The van der Waals surface area contributed by atoms with Crippen molar-refractivity contribution < 1.29 is 0 Å². The normalized spacial score (nSPS) is 24.8. The van der Waals surface area contributed by atoms with Gasteiger partial charge in [0, 0.05) is 25.7 Å². The highest BCUT2D eigenvalue weighted by molar-refractivity contribution is 4.82. The Morgan fingerprint density at radius 1 is 1.11 bits per heavy atom. The minimum Gasteiger partial charge on any atom is -0.315 e. The summed E-state index contributed by atoms with van der Waals surface area (Å²) in [5.74, 6) is 0.951. The Bertz CT molecular complexity index is 216. The fourth-order valence-corrected chi connectivity index (χ4v) is 2.79. The van der Waals surface area contributed by atoms with Gasteiger partial charge in [0.2, 0.25) is 0 Å². The number of rotatable bonds is 10. The summed E-state index contributed by atoms with van der Waals surface area (Å²) in [6, 6.07) is 0.880. The summed E-state index contributed by atoms with van der Waals surface area (Å²) in [4.78, 5) is 2.64. The topological polar surface area (TPSA) is 27.3 Å². The molecule has 0 radical (unpaired) electrons. The third kappa shape index (κ3) is 5.68. The maximum Gasteiger partial charge on any atom is 0.0107 e. The van der Waals surface area contributed by atoms with Crippen LogP contribution in [-0.4, -0.2) is 50.2 Å². The van der Waals surface area contributed by atoms with Gasteiger partial charge < -0.3 is 15.5 Å². The van der Waals surface area contributed by atoms with Gasteiger partial charge in [0.25, 0.3) is 0 Å². The van der Waals surface area contributed by atoms with E-state index in [0.29, 0.717) is 0 Å². The summed E-state index contributed by atoms with van der Waals surface area (Å²) in [5.41, 5.74) is 0. The van der Waals surface area contributed by atoms with Gasteiger partial charge in [-0.25, -0.2) is 0 Å². The van der Waals surface area contributed by atoms with Gasteiger partial charge in [-0.2, -0.15) is 0 Å². The smallest absolute Gasteiger partial charge is 0.0107 e. The molecule has 2 N–H and O–H groups in total. The van der Waals surface area contributed by atoms with E-state index in [1.54, 1.807) is 0 Å². The molecule has 106 valence electrons. The van der Waals surface area contributed by atoms with Gasteiger partial charge in [-0.05, 0) is 57.7 Å². The lowest BCUT2D eigenvalue weighted by molar-refractivity contribution is 0.317. The maximum atomic E-state index is 3.63. The van der Waals surface area contributed by atoms with Crippen molar-refractivity contribution in [3.63, 3.8) is 0 Å². The van der Waals surface area contributed by atoms with Crippen LogP contribution in [0.2, 0.25) is 0 Å². The second-order valence-corrected chi connectivity index (χ2v) is 6.08. The molecule has 2 aliphatic rings. The van der Waals surface area contributed by atoms with Crippen molar-refractivity contribution in [3.05, 3.63) is 0 Å². The van der Waals surface area contributed by atoms with E-state index in [-0.39, 0.29) is 0 Å². The summed E-state index contributed by atoms with van der Waals surface area (Å²) in [6.07, 6.45) is 8.25. The highest BCUT2D eigenvalue weighted by atomic mass is 15.2. The zero-order chi connectivity index (χ0) is 12.6. The predicted molar refractivity (Wildman–Crippen MR) is 78.0 cm³/mol. The lowest BCUT2D eigenvalue weighted by atomic mass is 10.1. The second kappa shape index (κ2) is 8.13. The molecule has 1 aliphatic heterocycles. The van der Waals surface area contributed by atoms with Crippen LogP contribution in [0.4, 0.5) is 0 Å². The van der Waals surface area contributed by atoms with E-state index in [4.69, 9.17) is 0 Å². The highest BCUT2D eigenvalue weighted by Gasteiger charge is 2.23. The van der Waals surface area contributed by atoms with Crippen molar-refractivity contribution in [1.29, 1.82) is 0 Å². The first kappa shape index (κ1) is 14.3. The molecule has 3 nitrogen and oxygen atoms in total. The Morgan fingerprint density at radius 3 is 2.78 bits per heavy atom. The molecule has 0 aromatic rings. The Morgan fingerprint density at radius 2 is 2.00 bits per heavy atom. The fraction of sp³-hybridized carbons (Fsp3) is 1.00. The maximum absolute atomic E-state index is 3.63. The lowest BCUT2D eigenvalue weighted by Gasteiger charge is -2.16. The average Bonchev–Trinajstić information content (AvgIpc) is 3.08. The van der Waals surface area contributed by atoms with Crippen LogP contribution >= 0.6 is 0 Å². The SMILES string of the molecule is CCCCNCCN1CCC(CCNC2CC2)C1. The summed E-state index contributed by atoms with van der Waals surface area (Å²) < 4.78 is 0. The molecule has 1 atom stereocenters. The largest absolute Gasteiger partial charge is 0.315 e. The van der Waals surface area contributed by atoms with Gasteiger partial charge in [0.15, 0.2) is 0 Å².